The molecule has 3 aromatic heterocycles. The number of nitro benzene ring substituents is 1. The van der Waals surface area contributed by atoms with Gasteiger partial charge in [-0.25, -0.2) is 9.97 Å². The highest BCUT2D eigenvalue weighted by Crippen LogP contribution is 2.32. The first-order chi connectivity index (χ1) is 15.1. The lowest BCUT2D eigenvalue weighted by Gasteiger charge is -2.09. The van der Waals surface area contributed by atoms with Crippen LogP contribution in [0.15, 0.2) is 77.6 Å². The minimum Gasteiger partial charge on any atom is -0.288 e. The number of hydrogen-bond acceptors (Lipinski definition) is 6. The maximum Gasteiger partial charge on any atom is 0.270 e. The number of aromatic nitrogens is 3. The van der Waals surface area contributed by atoms with E-state index in [2.05, 4.69) is 0 Å². The quantitative estimate of drug-likeness (QED) is 0.217. The Labute approximate surface area is 178 Å². The van der Waals surface area contributed by atoms with Crippen molar-refractivity contribution in [3.8, 4) is 11.4 Å². The summed E-state index contributed by atoms with van der Waals surface area (Å²) in [5.41, 5.74) is 2.44. The molecule has 0 aliphatic carbocycles. The highest BCUT2D eigenvalue weighted by atomic mass is 32.1. The Bertz CT molecular complexity index is 1750. The molecule has 0 aliphatic rings. The molecule has 8 heteroatoms. The Morgan fingerprint density at radius 3 is 2.61 bits per heavy atom. The lowest BCUT2D eigenvalue weighted by atomic mass is 10.1. The summed E-state index contributed by atoms with van der Waals surface area (Å²) in [6.07, 6.45) is 0. The largest absolute Gasteiger partial charge is 0.288 e. The smallest absolute Gasteiger partial charge is 0.270 e. The molecule has 0 atom stereocenters. The summed E-state index contributed by atoms with van der Waals surface area (Å²) in [6.45, 7) is 0. The zero-order valence-corrected chi connectivity index (χ0v) is 16.7. The second kappa shape index (κ2) is 6.41. The van der Waals surface area contributed by atoms with Crippen molar-refractivity contribution in [3.63, 3.8) is 0 Å². The zero-order chi connectivity index (χ0) is 21.1. The standard InChI is InChI=1S/C23H12N4O3S/c28-20-15-8-1-4-11-18(15)31-23-19(20)22-24-16-9-2-3-10-17(16)26(22)21(25-23)13-6-5-7-14(12-13)27(29)30/h1-12H. The number of fused-ring (bicyclic) bond motifs is 6. The topological polar surface area (TPSA) is 90.4 Å². The van der Waals surface area contributed by atoms with Crippen LogP contribution in [-0.4, -0.2) is 19.3 Å². The first kappa shape index (κ1) is 17.7. The molecule has 0 aliphatic heterocycles. The number of hydrogen-bond donors (Lipinski definition) is 0. The van der Waals surface area contributed by atoms with Crippen LogP contribution < -0.4 is 5.43 Å². The van der Waals surface area contributed by atoms with Gasteiger partial charge in [-0.2, -0.15) is 0 Å². The molecule has 0 fully saturated rings. The molecule has 3 heterocycles. The fourth-order valence-corrected chi connectivity index (χ4v) is 4.96. The maximum atomic E-state index is 13.4. The van der Waals surface area contributed by atoms with E-state index in [1.54, 1.807) is 18.2 Å². The van der Waals surface area contributed by atoms with Gasteiger partial charge in [0, 0.05) is 27.8 Å². The average molecular weight is 424 g/mol. The van der Waals surface area contributed by atoms with Crippen molar-refractivity contribution in [3.05, 3.63) is 93.1 Å². The van der Waals surface area contributed by atoms with Crippen LogP contribution in [0, 0.1) is 10.1 Å². The summed E-state index contributed by atoms with van der Waals surface area (Å²) in [7, 11) is 0. The van der Waals surface area contributed by atoms with Gasteiger partial charge in [0.25, 0.3) is 5.69 Å². The van der Waals surface area contributed by atoms with Crippen LogP contribution in [-0.2, 0) is 0 Å². The molecule has 0 N–H and O–H groups in total. The molecule has 0 saturated heterocycles. The van der Waals surface area contributed by atoms with E-state index in [4.69, 9.17) is 9.97 Å². The summed E-state index contributed by atoms with van der Waals surface area (Å²) in [4.78, 5) is 34.4. The van der Waals surface area contributed by atoms with E-state index < -0.39 is 4.92 Å². The Kier molecular flexibility index (Phi) is 3.66. The average Bonchev–Trinajstić information content (AvgIpc) is 3.18. The van der Waals surface area contributed by atoms with E-state index in [0.717, 1.165) is 15.7 Å². The third-order valence-electron chi connectivity index (χ3n) is 5.30. The van der Waals surface area contributed by atoms with E-state index in [9.17, 15) is 14.9 Å². The Morgan fingerprint density at radius 2 is 1.74 bits per heavy atom. The molecule has 3 aromatic carbocycles. The molecule has 148 valence electrons. The van der Waals surface area contributed by atoms with Gasteiger partial charge in [0.15, 0.2) is 5.65 Å². The Morgan fingerprint density at radius 1 is 0.935 bits per heavy atom. The molecular weight excluding hydrogens is 412 g/mol. The summed E-state index contributed by atoms with van der Waals surface area (Å²) in [5.74, 6) is 0.505. The first-order valence-corrected chi connectivity index (χ1v) is 10.3. The van der Waals surface area contributed by atoms with E-state index in [0.29, 0.717) is 32.6 Å². The number of benzene rings is 3. The highest BCUT2D eigenvalue weighted by molar-refractivity contribution is 7.24. The molecule has 0 spiro atoms. The fourth-order valence-electron chi connectivity index (χ4n) is 3.91. The van der Waals surface area contributed by atoms with Crippen molar-refractivity contribution in [2.24, 2.45) is 0 Å². The summed E-state index contributed by atoms with van der Waals surface area (Å²) in [6, 6.07) is 21.3. The molecule has 0 unspecified atom stereocenters. The van der Waals surface area contributed by atoms with Gasteiger partial charge in [-0.1, -0.05) is 36.4 Å². The van der Waals surface area contributed by atoms with Crippen LogP contribution >= 0.6 is 11.3 Å². The minimum absolute atomic E-state index is 0.0244. The van der Waals surface area contributed by atoms with Crippen molar-refractivity contribution in [1.29, 1.82) is 0 Å². The van der Waals surface area contributed by atoms with E-state index in [1.165, 1.54) is 23.5 Å². The van der Waals surface area contributed by atoms with Gasteiger partial charge >= 0.3 is 0 Å². The third-order valence-corrected chi connectivity index (χ3v) is 6.36. The molecule has 7 nitrogen and oxygen atoms in total. The van der Waals surface area contributed by atoms with Gasteiger partial charge in [-0.3, -0.25) is 19.3 Å². The lowest BCUT2D eigenvalue weighted by Crippen LogP contribution is -2.07. The van der Waals surface area contributed by atoms with Crippen LogP contribution in [0.3, 0.4) is 0 Å². The van der Waals surface area contributed by atoms with Gasteiger partial charge in [0.1, 0.15) is 16.0 Å². The van der Waals surface area contributed by atoms with Crippen LogP contribution in [0.2, 0.25) is 0 Å². The summed E-state index contributed by atoms with van der Waals surface area (Å²) in [5, 5.41) is 12.4. The first-order valence-electron chi connectivity index (χ1n) is 9.49. The van der Waals surface area contributed by atoms with E-state index in [-0.39, 0.29) is 11.1 Å². The molecular formula is C23H12N4O3S. The van der Waals surface area contributed by atoms with Crippen molar-refractivity contribution in [1.82, 2.24) is 14.4 Å². The van der Waals surface area contributed by atoms with Crippen LogP contribution in [0.4, 0.5) is 5.69 Å². The molecule has 6 rings (SSSR count). The fraction of sp³-hybridized carbons (Fsp3) is 0. The van der Waals surface area contributed by atoms with Gasteiger partial charge < -0.3 is 0 Å². The molecule has 0 saturated carbocycles. The maximum absolute atomic E-state index is 13.4. The minimum atomic E-state index is -0.431. The molecule has 6 aromatic rings. The normalized spacial score (nSPS) is 11.6. The lowest BCUT2D eigenvalue weighted by molar-refractivity contribution is -0.384. The summed E-state index contributed by atoms with van der Waals surface area (Å²) >= 11 is 1.41. The predicted molar refractivity (Wildman–Crippen MR) is 122 cm³/mol. The molecule has 0 radical (unpaired) electrons. The number of imidazole rings is 1. The van der Waals surface area contributed by atoms with Gasteiger partial charge in [-0.05, 0) is 24.3 Å². The van der Waals surface area contributed by atoms with Crippen molar-refractivity contribution in [2.45, 2.75) is 0 Å². The van der Waals surface area contributed by atoms with Crippen LogP contribution in [0.25, 0.3) is 48.4 Å². The zero-order valence-electron chi connectivity index (χ0n) is 15.9. The van der Waals surface area contributed by atoms with Crippen molar-refractivity contribution in [2.75, 3.05) is 0 Å². The van der Waals surface area contributed by atoms with E-state index in [1.807, 2.05) is 46.9 Å². The Balaban J connectivity index is 1.86. The number of nitrogens with zero attached hydrogens (tertiary/aromatic N) is 4. The second-order valence-corrected chi connectivity index (χ2v) is 8.14. The Hall–Kier alpha value is -4.17. The molecule has 0 bridgehead atoms. The van der Waals surface area contributed by atoms with Gasteiger partial charge in [-0.15, -0.1) is 11.3 Å². The number of nitro groups is 1. The molecule has 0 amide bonds. The van der Waals surface area contributed by atoms with E-state index >= 15 is 0 Å². The highest BCUT2D eigenvalue weighted by Gasteiger charge is 2.20. The summed E-state index contributed by atoms with van der Waals surface area (Å²) < 4.78 is 2.65. The predicted octanol–water partition coefficient (Wildman–Crippen LogP) is 5.19. The van der Waals surface area contributed by atoms with Crippen molar-refractivity contribution >= 4 is 54.0 Å². The van der Waals surface area contributed by atoms with Crippen LogP contribution in [0.1, 0.15) is 0 Å². The van der Waals surface area contributed by atoms with Crippen LogP contribution in [0.5, 0.6) is 0 Å². The number of para-hydroxylation sites is 2. The second-order valence-electron chi connectivity index (χ2n) is 7.11. The van der Waals surface area contributed by atoms with Gasteiger partial charge in [0.2, 0.25) is 5.43 Å². The third kappa shape index (κ3) is 2.55. The van der Waals surface area contributed by atoms with Gasteiger partial charge in [0.05, 0.1) is 16.0 Å². The monoisotopic (exact) mass is 424 g/mol. The molecule has 31 heavy (non-hydrogen) atoms. The number of rotatable bonds is 2. The number of non-ortho nitro benzene ring substituents is 1. The van der Waals surface area contributed by atoms with Crippen molar-refractivity contribution < 1.29 is 4.92 Å². The SMILES string of the molecule is O=c1c2ccccc2sc2nc(-c3cccc([N+](=O)[O-])c3)n3c4ccccc4nc3c12.